The smallest absolute Gasteiger partial charge is 0.102 e. The van der Waals surface area contributed by atoms with E-state index in [-0.39, 0.29) is 6.42 Å². The number of anilines is 1. The molecule has 0 aliphatic carbocycles. The Labute approximate surface area is 84.5 Å². The van der Waals surface area contributed by atoms with E-state index in [9.17, 15) is 0 Å². The number of nitrogen functional groups attached to an aromatic ring is 1. The predicted molar refractivity (Wildman–Crippen MR) is 52.6 cm³/mol. The van der Waals surface area contributed by atoms with Crippen molar-refractivity contribution >= 4 is 21.6 Å². The molecule has 0 amide bonds. The number of nitrogens with zero attached hydrogens (tertiary/aromatic N) is 2. The van der Waals surface area contributed by atoms with Gasteiger partial charge in [-0.3, -0.25) is 0 Å². The molecule has 2 N–H and O–H groups in total. The number of nitriles is 2. The third-order valence-electron chi connectivity index (χ3n) is 1.66. The van der Waals surface area contributed by atoms with Gasteiger partial charge < -0.3 is 5.73 Å². The van der Waals surface area contributed by atoms with Gasteiger partial charge in [-0.05, 0) is 12.1 Å². The molecule has 64 valence electrons. The first-order chi connectivity index (χ1) is 6.20. The average Bonchev–Trinajstić information content (AvgIpc) is 2.12. The average molecular weight is 236 g/mol. The maximum atomic E-state index is 8.79. The molecule has 0 saturated heterocycles. The summed E-state index contributed by atoms with van der Waals surface area (Å²) in [6.07, 6.45) is 0.189. The van der Waals surface area contributed by atoms with Crippen molar-refractivity contribution in [2.45, 2.75) is 6.42 Å². The quantitative estimate of drug-likeness (QED) is 0.757. The van der Waals surface area contributed by atoms with Crippen LogP contribution in [0.3, 0.4) is 0 Å². The van der Waals surface area contributed by atoms with Crippen LogP contribution in [0.15, 0.2) is 16.6 Å². The molecule has 4 heteroatoms. The van der Waals surface area contributed by atoms with Crippen LogP contribution >= 0.6 is 15.9 Å². The van der Waals surface area contributed by atoms with Crippen molar-refractivity contribution in [3.63, 3.8) is 0 Å². The van der Waals surface area contributed by atoms with E-state index in [1.165, 1.54) is 0 Å². The molecule has 0 saturated carbocycles. The topological polar surface area (TPSA) is 73.6 Å². The minimum Gasteiger partial charge on any atom is -0.398 e. The third-order valence-corrected chi connectivity index (χ3v) is 2.40. The molecule has 0 aromatic heterocycles. The van der Waals surface area contributed by atoms with Crippen molar-refractivity contribution in [3.05, 3.63) is 27.7 Å². The van der Waals surface area contributed by atoms with Crippen LogP contribution in [-0.2, 0) is 6.42 Å². The second-order valence-electron chi connectivity index (χ2n) is 2.44. The van der Waals surface area contributed by atoms with Crippen molar-refractivity contribution < 1.29 is 0 Å². The van der Waals surface area contributed by atoms with Crippen LogP contribution < -0.4 is 5.73 Å². The molecule has 1 aromatic rings. The Bertz CT molecular complexity index is 412. The number of nitrogens with two attached hydrogens (primary N) is 1. The Morgan fingerprint density at radius 3 is 2.62 bits per heavy atom. The Morgan fingerprint density at radius 1 is 1.38 bits per heavy atom. The summed E-state index contributed by atoms with van der Waals surface area (Å²) in [6, 6.07) is 7.35. The Balaban J connectivity index is 3.39. The first-order valence-electron chi connectivity index (χ1n) is 3.54. The predicted octanol–water partition coefficient (Wildman–Crippen LogP) is 1.97. The fourth-order valence-corrected chi connectivity index (χ4v) is 1.50. The maximum Gasteiger partial charge on any atom is 0.102 e. The summed E-state index contributed by atoms with van der Waals surface area (Å²) in [5.41, 5.74) is 7.03. The summed E-state index contributed by atoms with van der Waals surface area (Å²) in [5.74, 6) is 0. The van der Waals surface area contributed by atoms with Crippen molar-refractivity contribution in [1.82, 2.24) is 0 Å². The lowest BCUT2D eigenvalue weighted by molar-refractivity contribution is 1.23. The lowest BCUT2D eigenvalue weighted by Gasteiger charge is -2.04. The van der Waals surface area contributed by atoms with Gasteiger partial charge >= 0.3 is 0 Å². The van der Waals surface area contributed by atoms with Crippen molar-refractivity contribution in [1.29, 1.82) is 10.5 Å². The standard InChI is InChI=1S/C9H6BrN3/c10-8-1-2-9(13)7(5-12)6(8)3-4-11/h1-2H,3,13H2. The zero-order chi connectivity index (χ0) is 9.84. The zero-order valence-electron chi connectivity index (χ0n) is 6.71. The molecule has 0 fully saturated rings. The van der Waals surface area contributed by atoms with E-state index >= 15 is 0 Å². The minimum atomic E-state index is 0.189. The lowest BCUT2D eigenvalue weighted by Crippen LogP contribution is -1.97. The summed E-state index contributed by atoms with van der Waals surface area (Å²) in [7, 11) is 0. The highest BCUT2D eigenvalue weighted by molar-refractivity contribution is 9.10. The molecular weight excluding hydrogens is 230 g/mol. The Kier molecular flexibility index (Phi) is 2.89. The summed E-state index contributed by atoms with van der Waals surface area (Å²) >= 11 is 3.27. The fraction of sp³-hybridized carbons (Fsp3) is 0.111. The molecule has 0 aliphatic heterocycles. The van der Waals surface area contributed by atoms with Gasteiger partial charge in [0.1, 0.15) is 6.07 Å². The maximum absolute atomic E-state index is 8.79. The van der Waals surface area contributed by atoms with E-state index in [4.69, 9.17) is 16.3 Å². The molecule has 0 atom stereocenters. The van der Waals surface area contributed by atoms with Crippen LogP contribution in [0.4, 0.5) is 5.69 Å². The van der Waals surface area contributed by atoms with Gasteiger partial charge in [-0.15, -0.1) is 0 Å². The molecule has 1 rings (SSSR count). The molecule has 0 spiro atoms. The van der Waals surface area contributed by atoms with Gasteiger partial charge in [0.25, 0.3) is 0 Å². The number of rotatable bonds is 1. The summed E-state index contributed by atoms with van der Waals surface area (Å²) < 4.78 is 0.750. The van der Waals surface area contributed by atoms with Gasteiger partial charge in [0.15, 0.2) is 0 Å². The molecule has 0 radical (unpaired) electrons. The minimum absolute atomic E-state index is 0.189. The van der Waals surface area contributed by atoms with E-state index in [1.54, 1.807) is 12.1 Å². The molecule has 0 aliphatic rings. The molecular formula is C9H6BrN3. The molecule has 13 heavy (non-hydrogen) atoms. The van der Waals surface area contributed by atoms with E-state index in [1.807, 2.05) is 12.1 Å². The third kappa shape index (κ3) is 1.80. The number of benzene rings is 1. The SMILES string of the molecule is N#CCc1c(Br)ccc(N)c1C#N. The zero-order valence-corrected chi connectivity index (χ0v) is 8.30. The molecule has 3 nitrogen and oxygen atoms in total. The van der Waals surface area contributed by atoms with E-state index in [0.29, 0.717) is 16.8 Å². The van der Waals surface area contributed by atoms with Crippen molar-refractivity contribution in [2.24, 2.45) is 0 Å². The van der Waals surface area contributed by atoms with Crippen LogP contribution in [0, 0.1) is 22.7 Å². The molecule has 0 unspecified atom stereocenters. The second kappa shape index (κ2) is 3.93. The first-order valence-corrected chi connectivity index (χ1v) is 4.34. The Morgan fingerprint density at radius 2 is 2.08 bits per heavy atom. The highest BCUT2D eigenvalue weighted by atomic mass is 79.9. The summed E-state index contributed by atoms with van der Waals surface area (Å²) in [4.78, 5) is 0. The first kappa shape index (κ1) is 9.57. The fourth-order valence-electron chi connectivity index (χ4n) is 1.02. The normalized spacial score (nSPS) is 8.85. The largest absolute Gasteiger partial charge is 0.398 e. The van der Waals surface area contributed by atoms with E-state index < -0.39 is 0 Å². The number of halogens is 1. The van der Waals surface area contributed by atoms with Gasteiger partial charge in [0.2, 0.25) is 0 Å². The van der Waals surface area contributed by atoms with E-state index in [0.717, 1.165) is 4.47 Å². The molecule has 1 aromatic carbocycles. The molecule has 0 heterocycles. The highest BCUT2D eigenvalue weighted by Gasteiger charge is 2.09. The van der Waals surface area contributed by atoms with Gasteiger partial charge in [-0.25, -0.2) is 0 Å². The van der Waals surface area contributed by atoms with Crippen LogP contribution in [0.25, 0.3) is 0 Å². The van der Waals surface area contributed by atoms with Gasteiger partial charge in [-0.1, -0.05) is 15.9 Å². The highest BCUT2D eigenvalue weighted by Crippen LogP contribution is 2.25. The Hall–Kier alpha value is -1.52. The summed E-state index contributed by atoms with van der Waals surface area (Å²) in [5, 5.41) is 17.3. The van der Waals surface area contributed by atoms with Crippen LogP contribution in [0.1, 0.15) is 11.1 Å². The van der Waals surface area contributed by atoms with Gasteiger partial charge in [-0.2, -0.15) is 10.5 Å². The monoisotopic (exact) mass is 235 g/mol. The van der Waals surface area contributed by atoms with Crippen LogP contribution in [0.2, 0.25) is 0 Å². The van der Waals surface area contributed by atoms with E-state index in [2.05, 4.69) is 15.9 Å². The van der Waals surface area contributed by atoms with Crippen LogP contribution in [-0.4, -0.2) is 0 Å². The van der Waals surface area contributed by atoms with Crippen molar-refractivity contribution in [3.8, 4) is 12.1 Å². The summed E-state index contributed by atoms with van der Waals surface area (Å²) in [6.45, 7) is 0. The second-order valence-corrected chi connectivity index (χ2v) is 3.29. The van der Waals surface area contributed by atoms with Crippen molar-refractivity contribution in [2.75, 3.05) is 5.73 Å². The number of hydrogen-bond acceptors (Lipinski definition) is 3. The number of hydrogen-bond donors (Lipinski definition) is 1. The van der Waals surface area contributed by atoms with Gasteiger partial charge in [0.05, 0.1) is 18.1 Å². The van der Waals surface area contributed by atoms with Crippen LogP contribution in [0.5, 0.6) is 0 Å². The van der Waals surface area contributed by atoms with Gasteiger partial charge in [0, 0.05) is 15.7 Å². The lowest BCUT2D eigenvalue weighted by atomic mass is 10.0. The molecule has 0 bridgehead atoms.